The zero-order chi connectivity index (χ0) is 23.2. The molecule has 0 radical (unpaired) electrons. The van der Waals surface area contributed by atoms with Crippen molar-refractivity contribution in [3.05, 3.63) is 59.2 Å². The molecule has 0 aliphatic carbocycles. The number of amides is 1. The summed E-state index contributed by atoms with van der Waals surface area (Å²) in [5.74, 6) is -0.709. The predicted molar refractivity (Wildman–Crippen MR) is 111 cm³/mol. The number of hydrogen-bond acceptors (Lipinski definition) is 4. The summed E-state index contributed by atoms with van der Waals surface area (Å²) in [6, 6.07) is 8.25. The fraction of sp³-hybridized carbons (Fsp3) is 0.381. The van der Waals surface area contributed by atoms with E-state index in [0.717, 1.165) is 12.1 Å². The summed E-state index contributed by atoms with van der Waals surface area (Å²) in [4.78, 5) is 12.5. The molecule has 0 bridgehead atoms. The van der Waals surface area contributed by atoms with Crippen molar-refractivity contribution < 1.29 is 31.1 Å². The second-order valence-corrected chi connectivity index (χ2v) is 8.95. The Hall–Kier alpha value is -2.43. The Morgan fingerprint density at radius 1 is 1.13 bits per heavy atom. The molecule has 0 saturated heterocycles. The van der Waals surface area contributed by atoms with Gasteiger partial charge in [-0.2, -0.15) is 13.2 Å². The first kappa shape index (κ1) is 24.8. The molecule has 0 aliphatic heterocycles. The maximum Gasteiger partial charge on any atom is 0.416 e. The standard InChI is InChI=1S/C21H25F3N2O4S/c1-14(2)30-11-5-10-25-31(28,29)18-9-8-15(3)19(13-18)20(27)26-17-7-4-6-16(12-17)21(22,23)24/h4,6-9,12-14,25H,5,10-11H2,1-3H3,(H,26,27). The van der Waals surface area contributed by atoms with Crippen LogP contribution in [-0.2, 0) is 20.9 Å². The molecular weight excluding hydrogens is 433 g/mol. The van der Waals surface area contributed by atoms with Crippen LogP contribution in [0.3, 0.4) is 0 Å². The zero-order valence-corrected chi connectivity index (χ0v) is 18.2. The third-order valence-corrected chi connectivity index (χ3v) is 5.73. The molecule has 6 nitrogen and oxygen atoms in total. The molecule has 0 unspecified atom stereocenters. The van der Waals surface area contributed by atoms with Crippen molar-refractivity contribution in [1.82, 2.24) is 4.72 Å². The molecule has 0 atom stereocenters. The SMILES string of the molecule is Cc1ccc(S(=O)(=O)NCCCOC(C)C)cc1C(=O)Nc1cccc(C(F)(F)F)c1. The minimum absolute atomic E-state index is 0.0448. The number of sulfonamides is 1. The Morgan fingerprint density at radius 3 is 2.48 bits per heavy atom. The van der Waals surface area contributed by atoms with Gasteiger partial charge in [0, 0.05) is 24.4 Å². The normalized spacial score (nSPS) is 12.2. The molecule has 0 aromatic heterocycles. The largest absolute Gasteiger partial charge is 0.416 e. The van der Waals surface area contributed by atoms with Gasteiger partial charge in [0.2, 0.25) is 10.0 Å². The molecule has 0 saturated carbocycles. The molecule has 170 valence electrons. The number of alkyl halides is 3. The van der Waals surface area contributed by atoms with Crippen LogP contribution < -0.4 is 10.0 Å². The lowest BCUT2D eigenvalue weighted by atomic mass is 10.1. The van der Waals surface area contributed by atoms with E-state index >= 15 is 0 Å². The van der Waals surface area contributed by atoms with Gasteiger partial charge in [-0.1, -0.05) is 12.1 Å². The quantitative estimate of drug-likeness (QED) is 0.547. The van der Waals surface area contributed by atoms with Gasteiger partial charge >= 0.3 is 6.18 Å². The summed E-state index contributed by atoms with van der Waals surface area (Å²) in [5, 5.41) is 2.39. The number of nitrogens with one attached hydrogen (secondary N) is 2. The summed E-state index contributed by atoms with van der Waals surface area (Å²) in [6.45, 7) is 5.92. The van der Waals surface area contributed by atoms with E-state index in [-0.39, 0.29) is 28.8 Å². The number of halogens is 3. The molecule has 2 aromatic rings. The average molecular weight is 459 g/mol. The Labute approximate surface area is 179 Å². The van der Waals surface area contributed by atoms with E-state index in [1.807, 2.05) is 13.8 Å². The number of ether oxygens (including phenoxy) is 1. The van der Waals surface area contributed by atoms with Gasteiger partial charge in [0.1, 0.15) is 0 Å². The van der Waals surface area contributed by atoms with E-state index in [1.165, 1.54) is 30.3 Å². The van der Waals surface area contributed by atoms with Crippen LogP contribution in [0.1, 0.15) is 41.8 Å². The summed E-state index contributed by atoms with van der Waals surface area (Å²) >= 11 is 0. The highest BCUT2D eigenvalue weighted by molar-refractivity contribution is 7.89. The molecule has 0 heterocycles. The van der Waals surface area contributed by atoms with Crippen LogP contribution >= 0.6 is 0 Å². The maximum atomic E-state index is 12.9. The van der Waals surface area contributed by atoms with Gasteiger partial charge in [-0.3, -0.25) is 4.79 Å². The van der Waals surface area contributed by atoms with Gasteiger partial charge in [0.15, 0.2) is 0 Å². The lowest BCUT2D eigenvalue weighted by Gasteiger charge is -2.13. The smallest absolute Gasteiger partial charge is 0.379 e. The topological polar surface area (TPSA) is 84.5 Å². The fourth-order valence-electron chi connectivity index (χ4n) is 2.67. The van der Waals surface area contributed by atoms with Crippen LogP contribution in [0.4, 0.5) is 18.9 Å². The van der Waals surface area contributed by atoms with E-state index in [9.17, 15) is 26.4 Å². The highest BCUT2D eigenvalue weighted by Gasteiger charge is 2.30. The van der Waals surface area contributed by atoms with Gasteiger partial charge in [0.05, 0.1) is 16.6 Å². The molecule has 2 aromatic carbocycles. The van der Waals surface area contributed by atoms with Crippen LogP contribution in [0.15, 0.2) is 47.4 Å². The second-order valence-electron chi connectivity index (χ2n) is 7.18. The Kier molecular flexibility index (Phi) is 8.21. The highest BCUT2D eigenvalue weighted by Crippen LogP contribution is 2.30. The molecule has 0 aliphatic rings. The highest BCUT2D eigenvalue weighted by atomic mass is 32.2. The Bertz CT molecular complexity index is 1020. The van der Waals surface area contributed by atoms with Crippen molar-refractivity contribution in [2.75, 3.05) is 18.5 Å². The maximum absolute atomic E-state index is 12.9. The lowest BCUT2D eigenvalue weighted by Crippen LogP contribution is -2.26. The third-order valence-electron chi connectivity index (χ3n) is 4.28. The van der Waals surface area contributed by atoms with E-state index in [2.05, 4.69) is 10.0 Å². The van der Waals surface area contributed by atoms with E-state index in [1.54, 1.807) is 6.92 Å². The molecule has 1 amide bonds. The van der Waals surface area contributed by atoms with Crippen LogP contribution in [-0.4, -0.2) is 33.6 Å². The van der Waals surface area contributed by atoms with Gasteiger partial charge in [-0.05, 0) is 63.1 Å². The summed E-state index contributed by atoms with van der Waals surface area (Å²) in [7, 11) is -3.87. The summed E-state index contributed by atoms with van der Waals surface area (Å²) in [6.07, 6.45) is -4.02. The van der Waals surface area contributed by atoms with Crippen molar-refractivity contribution in [2.45, 2.75) is 44.4 Å². The molecule has 2 rings (SSSR count). The minimum Gasteiger partial charge on any atom is -0.379 e. The van der Waals surface area contributed by atoms with Crippen molar-refractivity contribution >= 4 is 21.6 Å². The first-order valence-electron chi connectivity index (χ1n) is 9.60. The third kappa shape index (κ3) is 7.34. The first-order chi connectivity index (χ1) is 14.4. The Morgan fingerprint density at radius 2 is 1.84 bits per heavy atom. The van der Waals surface area contributed by atoms with E-state index in [0.29, 0.717) is 18.6 Å². The monoisotopic (exact) mass is 458 g/mol. The molecule has 0 fully saturated rings. The average Bonchev–Trinajstić information content (AvgIpc) is 2.67. The van der Waals surface area contributed by atoms with Crippen LogP contribution in [0.5, 0.6) is 0 Å². The van der Waals surface area contributed by atoms with Crippen molar-refractivity contribution in [1.29, 1.82) is 0 Å². The molecular formula is C21H25F3N2O4S. The van der Waals surface area contributed by atoms with Crippen LogP contribution in [0.2, 0.25) is 0 Å². The predicted octanol–water partition coefficient (Wildman–Crippen LogP) is 4.36. The molecule has 31 heavy (non-hydrogen) atoms. The van der Waals surface area contributed by atoms with Crippen molar-refractivity contribution in [3.8, 4) is 0 Å². The summed E-state index contributed by atoms with van der Waals surface area (Å²) in [5.41, 5.74) is -0.419. The fourth-order valence-corrected chi connectivity index (χ4v) is 3.77. The van der Waals surface area contributed by atoms with Gasteiger partial charge in [-0.15, -0.1) is 0 Å². The number of benzene rings is 2. The lowest BCUT2D eigenvalue weighted by molar-refractivity contribution is -0.137. The van der Waals surface area contributed by atoms with Crippen molar-refractivity contribution in [3.63, 3.8) is 0 Å². The number of rotatable bonds is 9. The number of anilines is 1. The molecule has 10 heteroatoms. The van der Waals surface area contributed by atoms with E-state index in [4.69, 9.17) is 4.74 Å². The summed E-state index contributed by atoms with van der Waals surface area (Å²) < 4.78 is 71.5. The van der Waals surface area contributed by atoms with Gasteiger partial charge < -0.3 is 10.1 Å². The van der Waals surface area contributed by atoms with Crippen molar-refractivity contribution in [2.24, 2.45) is 0 Å². The second kappa shape index (κ2) is 10.3. The van der Waals surface area contributed by atoms with Crippen LogP contribution in [0.25, 0.3) is 0 Å². The number of aryl methyl sites for hydroxylation is 1. The number of carbonyl (C=O) groups is 1. The molecule has 2 N–H and O–H groups in total. The van der Waals surface area contributed by atoms with Gasteiger partial charge in [-0.25, -0.2) is 13.1 Å². The van der Waals surface area contributed by atoms with Gasteiger partial charge in [0.25, 0.3) is 5.91 Å². The van der Waals surface area contributed by atoms with Crippen LogP contribution in [0, 0.1) is 6.92 Å². The number of carbonyl (C=O) groups excluding carboxylic acids is 1. The minimum atomic E-state index is -4.55. The Balaban J connectivity index is 2.14. The zero-order valence-electron chi connectivity index (χ0n) is 17.4. The first-order valence-corrected chi connectivity index (χ1v) is 11.1. The molecule has 0 spiro atoms. The number of hydrogen-bond donors (Lipinski definition) is 2. The van der Waals surface area contributed by atoms with E-state index < -0.39 is 27.7 Å².